The Hall–Kier alpha value is -1.59. The molecule has 0 spiro atoms. The molecule has 0 aromatic carbocycles. The highest BCUT2D eigenvalue weighted by Crippen LogP contribution is 2.67. The smallest absolute Gasteiger partial charge is 0.306 e. The average molecular weight is 673 g/mol. The van der Waals surface area contributed by atoms with Gasteiger partial charge in [0.1, 0.15) is 13.2 Å². The van der Waals surface area contributed by atoms with Crippen molar-refractivity contribution in [2.75, 3.05) is 13.2 Å². The first-order valence-electron chi connectivity index (χ1n) is 20.7. The molecule has 0 aromatic rings. The minimum Gasteiger partial charge on any atom is -0.462 e. The van der Waals surface area contributed by atoms with Crippen LogP contribution in [0.2, 0.25) is 0 Å². The van der Waals surface area contributed by atoms with Crippen molar-refractivity contribution >= 4 is 17.9 Å². The predicted molar refractivity (Wildman–Crippen MR) is 192 cm³/mol. The Morgan fingerprint density at radius 2 is 1.21 bits per heavy atom. The van der Waals surface area contributed by atoms with E-state index in [0.717, 1.165) is 87.9 Å². The Labute approximate surface area is 294 Å². The lowest BCUT2D eigenvalue weighted by atomic mass is 9.45. The Bertz CT molecular complexity index is 995. The summed E-state index contributed by atoms with van der Waals surface area (Å²) in [6.45, 7) is 9.47. The van der Waals surface area contributed by atoms with E-state index in [2.05, 4.69) is 27.7 Å². The van der Waals surface area contributed by atoms with Crippen LogP contribution in [0.25, 0.3) is 0 Å². The van der Waals surface area contributed by atoms with Gasteiger partial charge in [-0.15, -0.1) is 0 Å². The normalized spacial score (nSPS) is 31.6. The molecule has 0 aliphatic heterocycles. The largest absolute Gasteiger partial charge is 0.462 e. The Balaban J connectivity index is 1.20. The highest BCUT2D eigenvalue weighted by atomic mass is 16.6. The van der Waals surface area contributed by atoms with Crippen molar-refractivity contribution in [2.45, 2.75) is 194 Å². The van der Waals surface area contributed by atoms with Crippen LogP contribution >= 0.6 is 0 Å². The van der Waals surface area contributed by atoms with Crippen molar-refractivity contribution in [1.29, 1.82) is 0 Å². The third kappa shape index (κ3) is 10.7. The molecule has 0 heterocycles. The van der Waals surface area contributed by atoms with Gasteiger partial charge in [-0.1, -0.05) is 91.9 Å². The highest BCUT2D eigenvalue weighted by Gasteiger charge is 2.59. The first-order valence-corrected chi connectivity index (χ1v) is 20.7. The van der Waals surface area contributed by atoms with E-state index in [1.165, 1.54) is 77.0 Å². The van der Waals surface area contributed by atoms with E-state index < -0.39 is 6.10 Å². The van der Waals surface area contributed by atoms with E-state index >= 15 is 0 Å². The Morgan fingerprint density at radius 3 is 1.88 bits per heavy atom. The molecular weight excluding hydrogens is 600 g/mol. The van der Waals surface area contributed by atoms with Crippen LogP contribution in [0.5, 0.6) is 0 Å². The van der Waals surface area contributed by atoms with Crippen LogP contribution in [0.4, 0.5) is 0 Å². The summed E-state index contributed by atoms with van der Waals surface area (Å²) < 4.78 is 16.8. The van der Waals surface area contributed by atoms with Crippen LogP contribution < -0.4 is 0 Å². The number of hydrogen-bond acceptors (Lipinski definition) is 6. The summed E-state index contributed by atoms with van der Waals surface area (Å²) in [4.78, 5) is 37.8. The van der Waals surface area contributed by atoms with Crippen LogP contribution in [-0.2, 0) is 28.6 Å². The summed E-state index contributed by atoms with van der Waals surface area (Å²) >= 11 is 0. The molecule has 0 bridgehead atoms. The lowest BCUT2D eigenvalue weighted by Gasteiger charge is -2.60. The van der Waals surface area contributed by atoms with Gasteiger partial charge in [0.25, 0.3) is 0 Å². The van der Waals surface area contributed by atoms with Gasteiger partial charge in [0.2, 0.25) is 0 Å². The molecular formula is C42H72O6. The molecule has 4 aliphatic rings. The third-order valence-corrected chi connectivity index (χ3v) is 13.8. The maximum Gasteiger partial charge on any atom is 0.306 e. The van der Waals surface area contributed by atoms with Gasteiger partial charge in [-0.25, -0.2) is 0 Å². The fourth-order valence-corrected chi connectivity index (χ4v) is 11.0. The van der Waals surface area contributed by atoms with E-state index in [-0.39, 0.29) is 31.1 Å². The second-order valence-corrected chi connectivity index (χ2v) is 16.9. The number of esters is 3. The van der Waals surface area contributed by atoms with Gasteiger partial charge >= 0.3 is 17.9 Å². The van der Waals surface area contributed by atoms with Gasteiger partial charge < -0.3 is 14.2 Å². The summed E-state index contributed by atoms with van der Waals surface area (Å²) in [5.41, 5.74) is 0.996. The lowest BCUT2D eigenvalue weighted by molar-refractivity contribution is -0.167. The first kappa shape index (κ1) is 39.2. The maximum atomic E-state index is 12.9. The molecule has 4 aliphatic carbocycles. The quantitative estimate of drug-likeness (QED) is 0.0686. The van der Waals surface area contributed by atoms with Crippen molar-refractivity contribution in [3.8, 4) is 0 Å². The fourth-order valence-electron chi connectivity index (χ4n) is 11.0. The monoisotopic (exact) mass is 673 g/mol. The molecule has 276 valence electrons. The van der Waals surface area contributed by atoms with Gasteiger partial charge in [-0.05, 0) is 117 Å². The standard InChI is InChI=1S/C42H72O6/c1-5-7-9-11-13-20-38(43)46-30-34(48-40(45)21-14-12-10-8-6-2)31-47-39(44)22-17-19-33-24-26-36-35-25-23-32-18-15-16-28-41(32,3)37(35)27-29-42(33,36)4/h32-37H,5-31H2,1-4H3/t32?,33-,34?,35?,36?,37?,41?,42?/m0/s1. The molecule has 7 unspecified atom stereocenters. The minimum atomic E-state index is -0.757. The minimum absolute atomic E-state index is 0.0593. The molecule has 0 radical (unpaired) electrons. The molecule has 0 aromatic heterocycles. The Kier molecular flexibility index (Phi) is 16.1. The van der Waals surface area contributed by atoms with Crippen molar-refractivity contribution < 1.29 is 28.6 Å². The molecule has 8 atom stereocenters. The van der Waals surface area contributed by atoms with Gasteiger partial charge in [0.05, 0.1) is 0 Å². The predicted octanol–water partition coefficient (Wildman–Crippen LogP) is 10.9. The summed E-state index contributed by atoms with van der Waals surface area (Å²) in [7, 11) is 0. The zero-order valence-electron chi connectivity index (χ0n) is 31.5. The molecule has 0 amide bonds. The van der Waals surface area contributed by atoms with Crippen LogP contribution in [0.3, 0.4) is 0 Å². The molecule has 4 fully saturated rings. The number of fused-ring (bicyclic) bond motifs is 5. The van der Waals surface area contributed by atoms with Crippen LogP contribution in [0.1, 0.15) is 188 Å². The van der Waals surface area contributed by atoms with Gasteiger partial charge in [-0.3, -0.25) is 14.4 Å². The zero-order valence-corrected chi connectivity index (χ0v) is 31.5. The number of carbonyl (C=O) groups excluding carboxylic acids is 3. The molecule has 0 N–H and O–H groups in total. The number of unbranched alkanes of at least 4 members (excludes halogenated alkanes) is 8. The second-order valence-electron chi connectivity index (χ2n) is 16.9. The summed E-state index contributed by atoms with van der Waals surface area (Å²) in [6, 6.07) is 0. The first-order chi connectivity index (χ1) is 23.2. The van der Waals surface area contributed by atoms with Gasteiger partial charge in [0.15, 0.2) is 6.10 Å². The van der Waals surface area contributed by atoms with E-state index in [0.29, 0.717) is 36.0 Å². The molecule has 6 heteroatoms. The fraction of sp³-hybridized carbons (Fsp3) is 0.929. The summed E-state index contributed by atoms with van der Waals surface area (Å²) in [6.07, 6.45) is 26.9. The van der Waals surface area contributed by atoms with E-state index in [1.54, 1.807) is 0 Å². The number of carbonyl (C=O) groups is 3. The van der Waals surface area contributed by atoms with Crippen molar-refractivity contribution in [3.05, 3.63) is 0 Å². The molecule has 4 rings (SSSR count). The van der Waals surface area contributed by atoms with E-state index in [4.69, 9.17) is 14.2 Å². The number of ether oxygens (including phenoxy) is 3. The SMILES string of the molecule is CCCCCCCC(=O)OCC(COC(=O)CCC[C@H]1CCC2C3CCC4CCCCC4(C)C3CCC21C)OC(=O)CCCCCCC. The Morgan fingerprint density at radius 1 is 0.604 bits per heavy atom. The second kappa shape index (κ2) is 19.7. The number of rotatable bonds is 21. The molecule has 48 heavy (non-hydrogen) atoms. The number of hydrogen-bond donors (Lipinski definition) is 0. The van der Waals surface area contributed by atoms with Gasteiger partial charge in [0, 0.05) is 19.3 Å². The highest BCUT2D eigenvalue weighted by molar-refractivity contribution is 5.71. The van der Waals surface area contributed by atoms with Crippen LogP contribution in [-0.4, -0.2) is 37.2 Å². The zero-order chi connectivity index (χ0) is 34.4. The van der Waals surface area contributed by atoms with Crippen LogP contribution in [0, 0.1) is 40.4 Å². The van der Waals surface area contributed by atoms with Crippen molar-refractivity contribution in [1.82, 2.24) is 0 Å². The topological polar surface area (TPSA) is 78.9 Å². The average Bonchev–Trinajstić information content (AvgIpc) is 3.41. The summed E-state index contributed by atoms with van der Waals surface area (Å²) in [5, 5.41) is 0. The third-order valence-electron chi connectivity index (χ3n) is 13.8. The summed E-state index contributed by atoms with van der Waals surface area (Å²) in [5.74, 6) is 3.51. The lowest BCUT2D eigenvalue weighted by Crippen LogP contribution is -2.52. The van der Waals surface area contributed by atoms with Gasteiger partial charge in [-0.2, -0.15) is 0 Å². The molecule has 0 saturated heterocycles. The maximum absolute atomic E-state index is 12.9. The molecule has 6 nitrogen and oxygen atoms in total. The van der Waals surface area contributed by atoms with Crippen molar-refractivity contribution in [3.63, 3.8) is 0 Å². The van der Waals surface area contributed by atoms with Crippen molar-refractivity contribution in [2.24, 2.45) is 40.4 Å². The van der Waals surface area contributed by atoms with Crippen LogP contribution in [0.15, 0.2) is 0 Å². The molecule has 4 saturated carbocycles. The van der Waals surface area contributed by atoms with E-state index in [9.17, 15) is 14.4 Å². The van der Waals surface area contributed by atoms with E-state index in [1.807, 2.05) is 0 Å².